The number of hydrogen-bond donors (Lipinski definition) is 0. The fourth-order valence-corrected chi connectivity index (χ4v) is 9.89. The van der Waals surface area contributed by atoms with E-state index in [0.717, 1.165) is 72.0 Å². The summed E-state index contributed by atoms with van der Waals surface area (Å²) in [4.78, 5) is 9.30. The van der Waals surface area contributed by atoms with Gasteiger partial charge in [-0.1, -0.05) is 146 Å². The molecule has 8 nitrogen and oxygen atoms in total. The second kappa shape index (κ2) is 17.2. The highest BCUT2D eigenvalue weighted by atomic mass is 16.4. The van der Waals surface area contributed by atoms with Crippen molar-refractivity contribution >= 4 is 65.3 Å². The summed E-state index contributed by atoms with van der Waals surface area (Å²) in [6.07, 6.45) is 5.29. The van der Waals surface area contributed by atoms with E-state index in [9.17, 15) is 0 Å². The normalized spacial score (nSPS) is 11.4. The molecule has 0 aliphatic carbocycles. The van der Waals surface area contributed by atoms with Crippen molar-refractivity contribution in [1.82, 2.24) is 30.4 Å². The maximum atomic E-state index is 5.98. The minimum absolute atomic E-state index is 0.630. The first-order valence-corrected chi connectivity index (χ1v) is 23.1. The van der Waals surface area contributed by atoms with Crippen molar-refractivity contribution in [2.75, 3.05) is 0 Å². The monoisotopic (exact) mass is 898 g/mol. The molecule has 0 saturated carbocycles. The molecule has 0 amide bonds. The van der Waals surface area contributed by atoms with Crippen molar-refractivity contribution in [2.45, 2.75) is 0 Å². The largest absolute Gasteiger partial charge is 0.436 e. The Kier molecular flexibility index (Phi) is 9.98. The molecular weight excluding hydrogens is 861 g/mol. The van der Waals surface area contributed by atoms with Gasteiger partial charge in [0.15, 0.2) is 11.2 Å². The molecule has 0 fully saturated rings. The molecule has 0 spiro atoms. The van der Waals surface area contributed by atoms with Crippen LogP contribution in [-0.4, -0.2) is 30.4 Å². The molecule has 0 N–H and O–H groups in total. The van der Waals surface area contributed by atoms with Crippen molar-refractivity contribution < 1.29 is 8.83 Å². The van der Waals surface area contributed by atoms with Crippen LogP contribution in [0.15, 0.2) is 240 Å². The molecule has 0 saturated heterocycles. The SMILES string of the molecule is c1ccc2oc(-c3ccc(-c4c5ccccc5c(-c5ccnnc5)c5ccccc45)cc3)nc2c1.c1cnnc(-c2c3ccccc3c(-c3ccc(-c4nc5ccccc5o4)cc3)c3ccccc23)c1. The summed E-state index contributed by atoms with van der Waals surface area (Å²) in [6, 6.07) is 72.8. The highest BCUT2D eigenvalue weighted by Gasteiger charge is 2.19. The van der Waals surface area contributed by atoms with E-state index >= 15 is 0 Å². The lowest BCUT2D eigenvalue weighted by molar-refractivity contribution is 0.619. The zero-order valence-electron chi connectivity index (χ0n) is 37.4. The van der Waals surface area contributed by atoms with E-state index in [1.54, 1.807) is 12.4 Å². The summed E-state index contributed by atoms with van der Waals surface area (Å²) < 4.78 is 12.0. The second-order valence-electron chi connectivity index (χ2n) is 17.1. The van der Waals surface area contributed by atoms with E-state index < -0.39 is 0 Å². The van der Waals surface area contributed by atoms with E-state index in [1.165, 1.54) is 49.0 Å². The highest BCUT2D eigenvalue weighted by molar-refractivity contribution is 6.22. The molecule has 0 aliphatic heterocycles. The third kappa shape index (κ3) is 7.10. The first-order valence-electron chi connectivity index (χ1n) is 23.1. The molecule has 70 heavy (non-hydrogen) atoms. The average molecular weight is 899 g/mol. The molecule has 0 unspecified atom stereocenters. The van der Waals surface area contributed by atoms with Crippen LogP contribution in [0.3, 0.4) is 0 Å². The Bertz CT molecular complexity index is 3770. The number of nitrogens with zero attached hydrogens (tertiary/aromatic N) is 6. The number of hydrogen-bond acceptors (Lipinski definition) is 8. The summed E-state index contributed by atoms with van der Waals surface area (Å²) in [5.41, 5.74) is 14.2. The van der Waals surface area contributed by atoms with E-state index in [2.05, 4.69) is 176 Å². The van der Waals surface area contributed by atoms with E-state index in [0.29, 0.717) is 11.8 Å². The van der Waals surface area contributed by atoms with Gasteiger partial charge in [0, 0.05) is 28.5 Å². The number of rotatable bonds is 6. The average Bonchev–Trinajstić information content (AvgIpc) is 4.08. The van der Waals surface area contributed by atoms with Gasteiger partial charge in [0.1, 0.15) is 11.0 Å². The van der Waals surface area contributed by atoms with Gasteiger partial charge >= 0.3 is 0 Å². The first kappa shape index (κ1) is 40.6. The molecule has 0 aliphatic rings. The van der Waals surface area contributed by atoms with Gasteiger partial charge in [-0.25, -0.2) is 9.97 Å². The van der Waals surface area contributed by atoms with Gasteiger partial charge < -0.3 is 8.83 Å². The van der Waals surface area contributed by atoms with Crippen molar-refractivity contribution in [3.05, 3.63) is 231 Å². The molecule has 4 aromatic heterocycles. The van der Waals surface area contributed by atoms with Crippen LogP contribution in [0.4, 0.5) is 0 Å². The Labute approximate surface area is 401 Å². The molecule has 0 radical (unpaired) electrons. The molecule has 0 atom stereocenters. The van der Waals surface area contributed by atoms with Crippen LogP contribution in [0, 0.1) is 0 Å². The van der Waals surface area contributed by atoms with Crippen molar-refractivity contribution in [2.24, 2.45) is 0 Å². The van der Waals surface area contributed by atoms with E-state index in [-0.39, 0.29) is 0 Å². The van der Waals surface area contributed by atoms with E-state index in [4.69, 9.17) is 8.83 Å². The van der Waals surface area contributed by atoms with Crippen molar-refractivity contribution in [3.8, 4) is 67.5 Å². The second-order valence-corrected chi connectivity index (χ2v) is 17.1. The molecule has 14 aromatic rings. The van der Waals surface area contributed by atoms with Crippen LogP contribution in [0.5, 0.6) is 0 Å². The molecule has 328 valence electrons. The first-order chi connectivity index (χ1) is 34.7. The van der Waals surface area contributed by atoms with Gasteiger partial charge in [-0.2, -0.15) is 20.4 Å². The minimum Gasteiger partial charge on any atom is -0.436 e. The summed E-state index contributed by atoms with van der Waals surface area (Å²) in [5, 5.41) is 26.2. The Morgan fingerprint density at radius 3 is 1.04 bits per heavy atom. The third-order valence-corrected chi connectivity index (χ3v) is 13.0. The predicted molar refractivity (Wildman–Crippen MR) is 282 cm³/mol. The quantitative estimate of drug-likeness (QED) is 0.152. The van der Waals surface area contributed by atoms with Crippen molar-refractivity contribution in [1.29, 1.82) is 0 Å². The maximum absolute atomic E-state index is 5.98. The zero-order valence-corrected chi connectivity index (χ0v) is 37.4. The van der Waals surface area contributed by atoms with Gasteiger partial charge in [-0.05, 0) is 138 Å². The van der Waals surface area contributed by atoms with Crippen LogP contribution in [0.25, 0.3) is 133 Å². The van der Waals surface area contributed by atoms with Crippen LogP contribution in [0.2, 0.25) is 0 Å². The Morgan fingerprint density at radius 2 is 0.657 bits per heavy atom. The zero-order chi connectivity index (χ0) is 46.4. The summed E-state index contributed by atoms with van der Waals surface area (Å²) in [7, 11) is 0. The fraction of sp³-hybridized carbons (Fsp3) is 0. The van der Waals surface area contributed by atoms with Crippen LogP contribution < -0.4 is 0 Å². The lowest BCUT2D eigenvalue weighted by Crippen LogP contribution is -1.93. The van der Waals surface area contributed by atoms with Gasteiger partial charge in [0.05, 0.1) is 18.1 Å². The maximum Gasteiger partial charge on any atom is 0.227 e. The van der Waals surface area contributed by atoms with Gasteiger partial charge in [-0.15, -0.1) is 0 Å². The summed E-state index contributed by atoms with van der Waals surface area (Å²) in [6.45, 7) is 0. The summed E-state index contributed by atoms with van der Waals surface area (Å²) in [5.74, 6) is 1.26. The highest BCUT2D eigenvalue weighted by Crippen LogP contribution is 2.45. The lowest BCUT2D eigenvalue weighted by Gasteiger charge is -2.17. The number of fused-ring (bicyclic) bond motifs is 6. The molecule has 8 heteroatoms. The number of para-hydroxylation sites is 4. The fourth-order valence-electron chi connectivity index (χ4n) is 9.89. The Hall–Kier alpha value is -9.66. The van der Waals surface area contributed by atoms with Gasteiger partial charge in [0.25, 0.3) is 0 Å². The van der Waals surface area contributed by atoms with E-state index in [1.807, 2.05) is 72.9 Å². The number of benzene rings is 10. The van der Waals surface area contributed by atoms with Gasteiger partial charge in [0.2, 0.25) is 11.8 Å². The molecule has 4 heterocycles. The minimum atomic E-state index is 0.630. The molecular formula is C62H38N6O2. The lowest BCUT2D eigenvalue weighted by atomic mass is 9.86. The Morgan fingerprint density at radius 1 is 0.271 bits per heavy atom. The van der Waals surface area contributed by atoms with Crippen LogP contribution in [0.1, 0.15) is 0 Å². The molecule has 0 bridgehead atoms. The number of aromatic nitrogens is 6. The topological polar surface area (TPSA) is 104 Å². The predicted octanol–water partition coefficient (Wildman–Crippen LogP) is 15.9. The third-order valence-electron chi connectivity index (χ3n) is 13.0. The van der Waals surface area contributed by atoms with Crippen LogP contribution in [-0.2, 0) is 0 Å². The standard InChI is InChI=1S/2C31H19N3O/c1-3-10-24-22(8-1)29(23-9-2-4-11-25(23)30(24)27-13-7-19-32-34-27)20-15-17-21(18-16-20)31-33-26-12-5-6-14-28(26)35-31;1-3-9-25-23(7-1)29(24-8-2-4-10-26(24)30(25)22-17-18-32-33-19-22)20-13-15-21(16-14-20)31-34-27-11-5-6-12-28(27)35-31/h2*1-19H. The summed E-state index contributed by atoms with van der Waals surface area (Å²) >= 11 is 0. The smallest absolute Gasteiger partial charge is 0.227 e. The Balaban J connectivity index is 0.000000137. The van der Waals surface area contributed by atoms with Crippen LogP contribution >= 0.6 is 0 Å². The molecule has 14 rings (SSSR count). The number of oxazole rings is 2. The molecule has 10 aromatic carbocycles. The van der Waals surface area contributed by atoms with Crippen molar-refractivity contribution in [3.63, 3.8) is 0 Å². The van der Waals surface area contributed by atoms with Gasteiger partial charge in [-0.3, -0.25) is 0 Å².